The van der Waals surface area contributed by atoms with Crippen molar-refractivity contribution in [2.45, 2.75) is 27.4 Å². The minimum atomic E-state index is -2.91. The van der Waals surface area contributed by atoms with Crippen LogP contribution in [0.3, 0.4) is 0 Å². The molecule has 0 unspecified atom stereocenters. The first kappa shape index (κ1) is 19.6. The van der Waals surface area contributed by atoms with Crippen LogP contribution in [0.5, 0.6) is 5.75 Å². The van der Waals surface area contributed by atoms with Crippen LogP contribution in [0.4, 0.5) is 8.78 Å². The van der Waals surface area contributed by atoms with E-state index in [2.05, 4.69) is 14.9 Å². The lowest BCUT2D eigenvalue weighted by molar-refractivity contribution is -0.129. The number of cyclic esters (lactones) is 1. The molecular formula is C21H17F2N3O4. The third-order valence-corrected chi connectivity index (χ3v) is 4.55. The van der Waals surface area contributed by atoms with Crippen molar-refractivity contribution in [2.24, 2.45) is 4.99 Å². The molecule has 3 heterocycles. The summed E-state index contributed by atoms with van der Waals surface area (Å²) in [6.45, 7) is 2.72. The highest BCUT2D eigenvalue weighted by Crippen LogP contribution is 2.26. The molecule has 0 radical (unpaired) electrons. The third-order valence-electron chi connectivity index (χ3n) is 4.55. The Morgan fingerprint density at radius 1 is 1.13 bits per heavy atom. The minimum absolute atomic E-state index is 0.00460. The Morgan fingerprint density at radius 3 is 2.50 bits per heavy atom. The number of carbonyl (C=O) groups is 1. The Kier molecular flexibility index (Phi) is 4.94. The number of rotatable bonds is 5. The lowest BCUT2D eigenvalue weighted by atomic mass is 10.2. The van der Waals surface area contributed by atoms with Gasteiger partial charge >= 0.3 is 12.6 Å². The van der Waals surface area contributed by atoms with Gasteiger partial charge in [-0.2, -0.15) is 8.78 Å². The van der Waals surface area contributed by atoms with Gasteiger partial charge < -0.3 is 14.0 Å². The van der Waals surface area contributed by atoms with Gasteiger partial charge in [-0.05, 0) is 62.7 Å². The van der Waals surface area contributed by atoms with Crippen molar-refractivity contribution >= 4 is 17.9 Å². The Morgan fingerprint density at radius 2 is 1.87 bits per heavy atom. The molecule has 0 spiro atoms. The molecule has 9 heteroatoms. The molecule has 1 aromatic carbocycles. The van der Waals surface area contributed by atoms with E-state index in [0.717, 1.165) is 17.0 Å². The molecule has 30 heavy (non-hydrogen) atoms. The number of aryl methyl sites for hydroxylation is 2. The molecule has 1 aliphatic heterocycles. The predicted molar refractivity (Wildman–Crippen MR) is 104 cm³/mol. The minimum Gasteiger partial charge on any atom is -0.435 e. The van der Waals surface area contributed by atoms with Crippen LogP contribution in [-0.2, 0) is 9.53 Å². The molecule has 0 fully saturated rings. The zero-order valence-electron chi connectivity index (χ0n) is 16.3. The van der Waals surface area contributed by atoms with Gasteiger partial charge in [0.25, 0.3) is 0 Å². The molecule has 3 aromatic rings. The molecule has 7 nitrogen and oxygen atoms in total. The van der Waals surface area contributed by atoms with Gasteiger partial charge in [-0.25, -0.2) is 9.79 Å². The molecule has 2 aromatic heterocycles. The highest BCUT2D eigenvalue weighted by molar-refractivity contribution is 6.12. The number of benzene rings is 1. The zero-order chi connectivity index (χ0) is 21.4. The number of carbonyl (C=O) groups excluding carboxylic acids is 1. The lowest BCUT2D eigenvalue weighted by Crippen LogP contribution is -2.06. The van der Waals surface area contributed by atoms with Crippen molar-refractivity contribution < 1.29 is 27.6 Å². The van der Waals surface area contributed by atoms with Crippen LogP contribution in [0.15, 0.2) is 51.6 Å². The first-order valence-electron chi connectivity index (χ1n) is 9.02. The van der Waals surface area contributed by atoms with E-state index in [0.29, 0.717) is 17.1 Å². The largest absolute Gasteiger partial charge is 0.435 e. The van der Waals surface area contributed by atoms with E-state index in [1.165, 1.54) is 24.3 Å². The smallest absolute Gasteiger partial charge is 0.387 e. The maximum atomic E-state index is 12.3. The Balaban J connectivity index is 1.63. The van der Waals surface area contributed by atoms with Crippen LogP contribution in [0, 0.1) is 20.8 Å². The number of hydrogen-bond donors (Lipinski definition) is 0. The number of esters is 1. The van der Waals surface area contributed by atoms with E-state index in [4.69, 9.17) is 9.26 Å². The fourth-order valence-corrected chi connectivity index (χ4v) is 3.20. The van der Waals surface area contributed by atoms with Gasteiger partial charge in [0.2, 0.25) is 5.90 Å². The van der Waals surface area contributed by atoms with Crippen LogP contribution < -0.4 is 4.74 Å². The van der Waals surface area contributed by atoms with Gasteiger partial charge in [0.1, 0.15) is 11.5 Å². The number of aromatic nitrogens is 2. The summed E-state index contributed by atoms with van der Waals surface area (Å²) in [5.74, 6) is 0.841. The summed E-state index contributed by atoms with van der Waals surface area (Å²) in [6, 6.07) is 9.42. The number of nitrogens with zero attached hydrogens (tertiary/aromatic N) is 3. The van der Waals surface area contributed by atoms with Crippen LogP contribution in [0.2, 0.25) is 0 Å². The molecule has 1 aliphatic rings. The molecule has 154 valence electrons. The SMILES string of the molecule is Cc1cc(-n2c(C)cc(/C=C3\N=C(c4ccc(OC(F)F)cc4)OC3=O)c2C)no1. The van der Waals surface area contributed by atoms with Crippen molar-refractivity contribution in [3.8, 4) is 11.6 Å². The zero-order valence-corrected chi connectivity index (χ0v) is 16.3. The molecule has 0 N–H and O–H groups in total. The number of halogens is 2. The molecule has 0 aliphatic carbocycles. The van der Waals surface area contributed by atoms with E-state index < -0.39 is 12.6 Å². The van der Waals surface area contributed by atoms with E-state index in [-0.39, 0.29) is 17.3 Å². The van der Waals surface area contributed by atoms with Gasteiger partial charge in [-0.1, -0.05) is 5.16 Å². The Labute approximate surface area is 170 Å². The van der Waals surface area contributed by atoms with Crippen molar-refractivity contribution in [3.05, 3.63) is 70.4 Å². The summed E-state index contributed by atoms with van der Waals surface area (Å²) < 4.78 is 41.2. The van der Waals surface area contributed by atoms with Crippen LogP contribution in [-0.4, -0.2) is 28.2 Å². The summed E-state index contributed by atoms with van der Waals surface area (Å²) in [5.41, 5.74) is 3.16. The Bertz CT molecular complexity index is 1170. The highest BCUT2D eigenvalue weighted by atomic mass is 19.3. The molecule has 4 rings (SSSR count). The van der Waals surface area contributed by atoms with Crippen LogP contribution in [0.1, 0.15) is 28.3 Å². The van der Waals surface area contributed by atoms with E-state index in [1.807, 2.05) is 37.5 Å². The fourth-order valence-electron chi connectivity index (χ4n) is 3.20. The maximum absolute atomic E-state index is 12.3. The average Bonchev–Trinajstić information content (AvgIpc) is 3.34. The molecule has 0 atom stereocenters. The number of ether oxygens (including phenoxy) is 2. The molecule has 0 bridgehead atoms. The van der Waals surface area contributed by atoms with Crippen molar-refractivity contribution in [1.82, 2.24) is 9.72 Å². The standard InChI is InChI=1S/C21H17F2N3O4/c1-11-8-15(13(3)26(11)18-9-12(2)30-25-18)10-17-20(27)29-19(24-17)14-4-6-16(7-5-14)28-21(22)23/h4-10,21H,1-3H3/b17-10-. The van der Waals surface area contributed by atoms with E-state index in [9.17, 15) is 13.6 Å². The lowest BCUT2D eigenvalue weighted by Gasteiger charge is -2.04. The normalized spacial score (nSPS) is 15.1. The maximum Gasteiger partial charge on any atom is 0.387 e. The first-order chi connectivity index (χ1) is 14.3. The summed E-state index contributed by atoms with van der Waals surface area (Å²) in [5, 5.41) is 4.04. The number of alkyl halides is 2. The third kappa shape index (κ3) is 3.73. The van der Waals surface area contributed by atoms with Gasteiger partial charge in [0.05, 0.1) is 0 Å². The molecule has 0 amide bonds. The van der Waals surface area contributed by atoms with E-state index in [1.54, 1.807) is 6.08 Å². The summed E-state index contributed by atoms with van der Waals surface area (Å²) in [7, 11) is 0. The second-order valence-corrected chi connectivity index (χ2v) is 6.70. The van der Waals surface area contributed by atoms with Crippen LogP contribution >= 0.6 is 0 Å². The fraction of sp³-hybridized carbons (Fsp3) is 0.190. The van der Waals surface area contributed by atoms with Crippen molar-refractivity contribution in [2.75, 3.05) is 0 Å². The van der Waals surface area contributed by atoms with E-state index >= 15 is 0 Å². The highest BCUT2D eigenvalue weighted by Gasteiger charge is 2.25. The van der Waals surface area contributed by atoms with Gasteiger partial charge in [0.15, 0.2) is 11.5 Å². The molecule has 0 saturated heterocycles. The van der Waals surface area contributed by atoms with Crippen molar-refractivity contribution in [1.29, 1.82) is 0 Å². The quantitative estimate of drug-likeness (QED) is 0.459. The summed E-state index contributed by atoms with van der Waals surface area (Å²) in [6.07, 6.45) is 1.63. The summed E-state index contributed by atoms with van der Waals surface area (Å²) in [4.78, 5) is 16.5. The second-order valence-electron chi connectivity index (χ2n) is 6.70. The first-order valence-corrected chi connectivity index (χ1v) is 9.02. The second kappa shape index (κ2) is 7.58. The molecule has 0 saturated carbocycles. The monoisotopic (exact) mass is 413 g/mol. The van der Waals surface area contributed by atoms with Crippen LogP contribution in [0.25, 0.3) is 11.9 Å². The summed E-state index contributed by atoms with van der Waals surface area (Å²) >= 11 is 0. The van der Waals surface area contributed by atoms with Gasteiger partial charge in [-0.15, -0.1) is 0 Å². The molecular weight excluding hydrogens is 396 g/mol. The van der Waals surface area contributed by atoms with Gasteiger partial charge in [-0.3, -0.25) is 4.57 Å². The number of aliphatic imine (C=N–C) groups is 1. The van der Waals surface area contributed by atoms with Crippen molar-refractivity contribution in [3.63, 3.8) is 0 Å². The predicted octanol–water partition coefficient (Wildman–Crippen LogP) is 4.34. The average molecular weight is 413 g/mol. The van der Waals surface area contributed by atoms with Gasteiger partial charge in [0, 0.05) is 23.0 Å². The number of hydrogen-bond acceptors (Lipinski definition) is 6. The Hall–Kier alpha value is -3.75. The topological polar surface area (TPSA) is 78.9 Å².